The topological polar surface area (TPSA) is 27.7 Å². The molecule has 0 heterocycles. The maximum absolute atomic E-state index is 7.35. The Morgan fingerprint density at radius 2 is 1.38 bits per heavy atom. The van der Waals surface area contributed by atoms with E-state index in [-0.39, 0.29) is 17.2 Å². The van der Waals surface area contributed by atoms with Gasteiger partial charge in [0.25, 0.3) is 0 Å². The zero-order valence-corrected chi connectivity index (χ0v) is 30.0. The van der Waals surface area contributed by atoms with Crippen LogP contribution in [0.15, 0.2) is 42.5 Å². The van der Waals surface area contributed by atoms with Gasteiger partial charge in [-0.3, -0.25) is 0 Å². The Kier molecular flexibility index (Phi) is 14.9. The van der Waals surface area contributed by atoms with E-state index in [1.54, 1.807) is 0 Å². The van der Waals surface area contributed by atoms with Gasteiger partial charge in [0.1, 0.15) is 0 Å². The molecule has 1 aromatic carbocycles. The fraction of sp³-hybridized carbons (Fsp3) is 0.765. The molecule has 3 atom stereocenters. The van der Waals surface area contributed by atoms with E-state index in [4.69, 9.17) is 13.6 Å². The fourth-order valence-corrected chi connectivity index (χ4v) is 13.0. The molecular weight excluding hydrogens is 513 g/mol. The Bertz CT molecular complexity index is 805. The molecule has 0 saturated carbocycles. The van der Waals surface area contributed by atoms with Gasteiger partial charge in [-0.15, -0.1) is 0 Å². The Labute approximate surface area is 245 Å². The molecule has 5 heteroatoms. The van der Waals surface area contributed by atoms with Crippen molar-refractivity contribution in [1.29, 1.82) is 0 Å². The van der Waals surface area contributed by atoms with Crippen LogP contribution in [0.1, 0.15) is 107 Å². The lowest BCUT2D eigenvalue weighted by molar-refractivity contribution is 0.00665. The summed E-state index contributed by atoms with van der Waals surface area (Å²) >= 11 is 0. The highest BCUT2D eigenvalue weighted by Gasteiger charge is 2.47. The molecule has 0 bridgehead atoms. The second-order valence-electron chi connectivity index (χ2n) is 14.4. The number of ether oxygens (including phenoxy) is 1. The molecule has 0 spiro atoms. The molecule has 0 aliphatic rings. The molecule has 0 saturated heterocycles. The van der Waals surface area contributed by atoms with Crippen LogP contribution < -0.4 is 0 Å². The molecule has 0 aliphatic heterocycles. The van der Waals surface area contributed by atoms with Crippen LogP contribution in [-0.2, 0) is 20.2 Å². The highest BCUT2D eigenvalue weighted by molar-refractivity contribution is 6.77. The van der Waals surface area contributed by atoms with E-state index in [2.05, 4.69) is 126 Å². The molecule has 226 valence electrons. The van der Waals surface area contributed by atoms with Crippen molar-refractivity contribution >= 4 is 16.6 Å². The van der Waals surface area contributed by atoms with Crippen molar-refractivity contribution in [1.82, 2.24) is 0 Å². The maximum Gasteiger partial charge on any atom is 0.200 e. The minimum absolute atomic E-state index is 0.0512. The van der Waals surface area contributed by atoms with E-state index in [1.807, 2.05) is 0 Å². The number of hydrogen-bond donors (Lipinski definition) is 0. The lowest BCUT2D eigenvalue weighted by Crippen LogP contribution is -2.52. The van der Waals surface area contributed by atoms with Gasteiger partial charge in [0.05, 0.1) is 19.3 Å². The van der Waals surface area contributed by atoms with Crippen molar-refractivity contribution in [3.63, 3.8) is 0 Å². The lowest BCUT2D eigenvalue weighted by Gasteiger charge is -2.46. The molecule has 3 nitrogen and oxygen atoms in total. The summed E-state index contributed by atoms with van der Waals surface area (Å²) in [4.78, 5) is 0. The van der Waals surface area contributed by atoms with Gasteiger partial charge in [-0.2, -0.15) is 0 Å². The number of rotatable bonds is 18. The summed E-state index contributed by atoms with van der Waals surface area (Å²) in [5, 5.41) is 0.209. The fourth-order valence-electron chi connectivity index (χ4n) is 5.96. The van der Waals surface area contributed by atoms with Crippen molar-refractivity contribution in [2.75, 3.05) is 6.61 Å². The summed E-state index contributed by atoms with van der Waals surface area (Å²) in [6.07, 6.45) is 4.40. The van der Waals surface area contributed by atoms with Gasteiger partial charge in [-0.25, -0.2) is 0 Å². The first kappa shape index (κ1) is 36.3. The SMILES string of the molecule is C=C(C[C@@H](CCC)O[Si](C)(C)C(C)(C)C)C[C@@H](C)[C@@H](COCc1ccccc1)O[Si](C(C)C)(C(C)C)C(C)C. The normalized spacial score (nSPS) is 15.7. The van der Waals surface area contributed by atoms with Gasteiger partial charge in [0.15, 0.2) is 8.32 Å². The highest BCUT2D eigenvalue weighted by atomic mass is 28.4. The average molecular weight is 577 g/mol. The largest absolute Gasteiger partial charge is 0.414 e. The van der Waals surface area contributed by atoms with E-state index in [0.29, 0.717) is 35.8 Å². The Balaban J connectivity index is 3.09. The van der Waals surface area contributed by atoms with Gasteiger partial charge in [0, 0.05) is 6.10 Å². The van der Waals surface area contributed by atoms with E-state index in [9.17, 15) is 0 Å². The molecule has 0 fully saturated rings. The monoisotopic (exact) mass is 576 g/mol. The van der Waals surface area contributed by atoms with E-state index >= 15 is 0 Å². The predicted molar refractivity (Wildman–Crippen MR) is 177 cm³/mol. The van der Waals surface area contributed by atoms with E-state index < -0.39 is 16.6 Å². The van der Waals surface area contributed by atoms with Crippen molar-refractivity contribution in [2.45, 2.75) is 155 Å². The van der Waals surface area contributed by atoms with Crippen molar-refractivity contribution < 1.29 is 13.6 Å². The molecule has 1 aromatic rings. The Morgan fingerprint density at radius 3 is 1.85 bits per heavy atom. The van der Waals surface area contributed by atoms with Crippen molar-refractivity contribution in [3.05, 3.63) is 48.0 Å². The van der Waals surface area contributed by atoms with Gasteiger partial charge in [-0.05, 0) is 65.5 Å². The predicted octanol–water partition coefficient (Wildman–Crippen LogP) is 10.9. The van der Waals surface area contributed by atoms with Crippen LogP contribution in [0.3, 0.4) is 0 Å². The molecule has 0 unspecified atom stereocenters. The summed E-state index contributed by atoms with van der Waals surface area (Å²) in [6, 6.07) is 10.5. The van der Waals surface area contributed by atoms with Crippen LogP contribution in [0.5, 0.6) is 0 Å². The summed E-state index contributed by atoms with van der Waals surface area (Å²) in [5.41, 5.74) is 4.10. The third kappa shape index (κ3) is 10.9. The van der Waals surface area contributed by atoms with Crippen LogP contribution in [0.4, 0.5) is 0 Å². The second kappa shape index (κ2) is 16.1. The smallest absolute Gasteiger partial charge is 0.200 e. The highest BCUT2D eigenvalue weighted by Crippen LogP contribution is 2.44. The maximum atomic E-state index is 7.35. The van der Waals surface area contributed by atoms with Crippen LogP contribution in [-0.4, -0.2) is 35.4 Å². The molecule has 0 N–H and O–H groups in total. The van der Waals surface area contributed by atoms with E-state index in [0.717, 1.165) is 25.7 Å². The summed E-state index contributed by atoms with van der Waals surface area (Å²) in [7, 11) is -3.89. The second-order valence-corrected chi connectivity index (χ2v) is 24.6. The first-order chi connectivity index (χ1) is 18.0. The average Bonchev–Trinajstić information content (AvgIpc) is 2.80. The summed E-state index contributed by atoms with van der Waals surface area (Å²) in [6.45, 7) is 36.3. The Hall–Kier alpha value is -0.726. The third-order valence-electron chi connectivity index (χ3n) is 9.10. The van der Waals surface area contributed by atoms with E-state index in [1.165, 1.54) is 11.1 Å². The van der Waals surface area contributed by atoms with Crippen LogP contribution in [0.2, 0.25) is 34.8 Å². The first-order valence-corrected chi connectivity index (χ1v) is 20.7. The van der Waals surface area contributed by atoms with Gasteiger partial charge < -0.3 is 13.6 Å². The van der Waals surface area contributed by atoms with Crippen LogP contribution in [0, 0.1) is 5.92 Å². The quantitative estimate of drug-likeness (QED) is 0.128. The van der Waals surface area contributed by atoms with Gasteiger partial charge in [0.2, 0.25) is 8.32 Å². The van der Waals surface area contributed by atoms with Crippen LogP contribution in [0.25, 0.3) is 0 Å². The van der Waals surface area contributed by atoms with Crippen molar-refractivity contribution in [3.8, 4) is 0 Å². The Morgan fingerprint density at radius 1 is 0.846 bits per heavy atom. The van der Waals surface area contributed by atoms with Gasteiger partial charge >= 0.3 is 0 Å². The molecule has 0 radical (unpaired) electrons. The van der Waals surface area contributed by atoms with Gasteiger partial charge in [-0.1, -0.05) is 125 Å². The number of hydrogen-bond acceptors (Lipinski definition) is 3. The summed E-state index contributed by atoms with van der Waals surface area (Å²) < 4.78 is 20.6. The standard InChI is InChI=1S/C34H64O3Si2/c1-15-19-32(36-38(13,14)34(10,11)12)23-29(8)22-30(9)33(25-35-24-31-20-17-16-18-21-31)37-39(26(2)3,27(4)5)28(6)7/h16-18,20-21,26-28,30,32-33H,8,15,19,22-25H2,1-7,9-14H3/t30-,32-,33-/m1/s1. The molecule has 0 amide bonds. The van der Waals surface area contributed by atoms with Crippen LogP contribution >= 0.6 is 0 Å². The molecular formula is C34H64O3Si2. The third-order valence-corrected chi connectivity index (χ3v) is 19.8. The molecule has 39 heavy (non-hydrogen) atoms. The zero-order chi connectivity index (χ0) is 30.0. The molecule has 0 aromatic heterocycles. The lowest BCUT2D eigenvalue weighted by atomic mass is 9.93. The van der Waals surface area contributed by atoms with Crippen molar-refractivity contribution in [2.24, 2.45) is 5.92 Å². The minimum Gasteiger partial charge on any atom is -0.414 e. The molecule has 0 aliphatic carbocycles. The number of benzene rings is 1. The first-order valence-electron chi connectivity index (χ1n) is 15.6. The summed E-state index contributed by atoms with van der Waals surface area (Å²) in [5.74, 6) is 0.326. The minimum atomic E-state index is -2.06. The molecule has 1 rings (SSSR count). The zero-order valence-electron chi connectivity index (χ0n) is 28.0.